The number of rotatable bonds is 3. The summed E-state index contributed by atoms with van der Waals surface area (Å²) in [5.74, 6) is 5.32. The number of hydrazine groups is 1. The number of aliphatic hydroxyl groups excluding tert-OH is 1. The van der Waals surface area contributed by atoms with Gasteiger partial charge in [0, 0.05) is 18.7 Å². The minimum absolute atomic E-state index is 0.0478. The molecule has 2 rings (SSSR count). The second-order valence-electron chi connectivity index (χ2n) is 4.60. The number of carbonyl (C=O) groups is 1. The number of ether oxygens (including phenoxy) is 1. The van der Waals surface area contributed by atoms with E-state index in [9.17, 15) is 4.79 Å². The van der Waals surface area contributed by atoms with Gasteiger partial charge in [0.25, 0.3) is 5.91 Å². The molecule has 1 atom stereocenters. The number of morpholine rings is 1. The molecule has 19 heavy (non-hydrogen) atoms. The van der Waals surface area contributed by atoms with Crippen LogP contribution in [0.4, 0.5) is 5.69 Å². The summed E-state index contributed by atoms with van der Waals surface area (Å²) in [5.41, 5.74) is 4.91. The molecule has 4 N–H and O–H groups in total. The van der Waals surface area contributed by atoms with Crippen LogP contribution in [0.5, 0.6) is 0 Å². The maximum absolute atomic E-state index is 12.4. The molecule has 1 heterocycles. The number of hydrogen-bond acceptors (Lipinski definition) is 5. The zero-order valence-corrected chi connectivity index (χ0v) is 10.9. The lowest BCUT2D eigenvalue weighted by Crippen LogP contribution is -2.46. The van der Waals surface area contributed by atoms with E-state index in [0.29, 0.717) is 25.3 Å². The highest BCUT2D eigenvalue weighted by molar-refractivity contribution is 5.95. The molecule has 1 saturated heterocycles. The maximum atomic E-state index is 12.4. The van der Waals surface area contributed by atoms with Gasteiger partial charge in [-0.3, -0.25) is 10.6 Å². The summed E-state index contributed by atoms with van der Waals surface area (Å²) in [5, 5.41) is 9.09. The number of nitrogens with two attached hydrogens (primary N) is 1. The summed E-state index contributed by atoms with van der Waals surface area (Å²) < 4.78 is 5.33. The van der Waals surface area contributed by atoms with Crippen LogP contribution < -0.4 is 11.3 Å². The van der Waals surface area contributed by atoms with Gasteiger partial charge in [-0.15, -0.1) is 0 Å². The topological polar surface area (TPSA) is 87.8 Å². The monoisotopic (exact) mass is 265 g/mol. The number of amides is 1. The fraction of sp³-hybridized carbons (Fsp3) is 0.462. The Balaban J connectivity index is 2.12. The average molecular weight is 265 g/mol. The second-order valence-corrected chi connectivity index (χ2v) is 4.60. The van der Waals surface area contributed by atoms with Crippen molar-refractivity contribution in [2.24, 2.45) is 5.84 Å². The van der Waals surface area contributed by atoms with Crippen molar-refractivity contribution in [3.8, 4) is 0 Å². The van der Waals surface area contributed by atoms with Crippen LogP contribution in [0.3, 0.4) is 0 Å². The number of nitrogen functional groups attached to an aromatic ring is 1. The van der Waals surface area contributed by atoms with Crippen molar-refractivity contribution in [2.75, 3.05) is 31.7 Å². The molecule has 1 aromatic carbocycles. The Morgan fingerprint density at radius 3 is 3.05 bits per heavy atom. The van der Waals surface area contributed by atoms with Crippen molar-refractivity contribution >= 4 is 11.6 Å². The Bertz CT molecular complexity index is 464. The van der Waals surface area contributed by atoms with E-state index in [2.05, 4.69) is 5.43 Å². The van der Waals surface area contributed by atoms with Crippen LogP contribution in [0.2, 0.25) is 0 Å². The fourth-order valence-corrected chi connectivity index (χ4v) is 2.16. The second kappa shape index (κ2) is 6.01. The summed E-state index contributed by atoms with van der Waals surface area (Å²) in [6, 6.07) is 5.33. The van der Waals surface area contributed by atoms with E-state index in [0.717, 1.165) is 11.3 Å². The Labute approximate surface area is 112 Å². The minimum Gasteiger partial charge on any atom is -0.394 e. The van der Waals surface area contributed by atoms with Gasteiger partial charge in [0.05, 0.1) is 25.0 Å². The van der Waals surface area contributed by atoms with Crippen LogP contribution in [-0.2, 0) is 4.74 Å². The molecule has 6 nitrogen and oxygen atoms in total. The predicted octanol–water partition coefficient (Wildman–Crippen LogP) is 0.114. The molecule has 1 unspecified atom stereocenters. The van der Waals surface area contributed by atoms with Crippen LogP contribution >= 0.6 is 0 Å². The summed E-state index contributed by atoms with van der Waals surface area (Å²) in [4.78, 5) is 14.1. The summed E-state index contributed by atoms with van der Waals surface area (Å²) >= 11 is 0. The van der Waals surface area contributed by atoms with E-state index in [-0.39, 0.29) is 18.6 Å². The van der Waals surface area contributed by atoms with Crippen molar-refractivity contribution in [3.63, 3.8) is 0 Å². The molecule has 0 aliphatic carbocycles. The number of hydrogen-bond donors (Lipinski definition) is 3. The third kappa shape index (κ3) is 3.04. The van der Waals surface area contributed by atoms with Gasteiger partial charge < -0.3 is 20.2 Å². The number of aryl methyl sites for hydroxylation is 1. The molecule has 0 bridgehead atoms. The van der Waals surface area contributed by atoms with Gasteiger partial charge in [0.1, 0.15) is 0 Å². The lowest BCUT2D eigenvalue weighted by Gasteiger charge is -2.32. The summed E-state index contributed by atoms with van der Waals surface area (Å²) in [7, 11) is 0. The predicted molar refractivity (Wildman–Crippen MR) is 71.7 cm³/mol. The molecule has 0 aromatic heterocycles. The highest BCUT2D eigenvalue weighted by Gasteiger charge is 2.24. The third-order valence-electron chi connectivity index (χ3n) is 3.26. The maximum Gasteiger partial charge on any atom is 0.254 e. The van der Waals surface area contributed by atoms with Crippen molar-refractivity contribution in [3.05, 3.63) is 29.3 Å². The average Bonchev–Trinajstić information content (AvgIpc) is 2.46. The van der Waals surface area contributed by atoms with Crippen LogP contribution in [0.15, 0.2) is 18.2 Å². The molecule has 0 spiro atoms. The zero-order valence-electron chi connectivity index (χ0n) is 10.9. The highest BCUT2D eigenvalue weighted by atomic mass is 16.5. The van der Waals surface area contributed by atoms with Gasteiger partial charge >= 0.3 is 0 Å². The highest BCUT2D eigenvalue weighted by Crippen LogP contribution is 2.17. The van der Waals surface area contributed by atoms with E-state index in [1.54, 1.807) is 23.1 Å². The first kappa shape index (κ1) is 13.8. The van der Waals surface area contributed by atoms with E-state index in [1.165, 1.54) is 0 Å². The number of anilines is 1. The lowest BCUT2D eigenvalue weighted by atomic mass is 10.1. The lowest BCUT2D eigenvalue weighted by molar-refractivity contribution is -0.0447. The minimum atomic E-state index is -0.288. The van der Waals surface area contributed by atoms with Gasteiger partial charge in [-0.2, -0.15) is 0 Å². The van der Waals surface area contributed by atoms with Crippen molar-refractivity contribution in [2.45, 2.75) is 13.0 Å². The Morgan fingerprint density at radius 2 is 2.42 bits per heavy atom. The number of benzene rings is 1. The van der Waals surface area contributed by atoms with Crippen LogP contribution in [0, 0.1) is 6.92 Å². The van der Waals surface area contributed by atoms with E-state index in [1.807, 2.05) is 6.92 Å². The van der Waals surface area contributed by atoms with Crippen molar-refractivity contribution < 1.29 is 14.6 Å². The fourth-order valence-electron chi connectivity index (χ4n) is 2.16. The molecule has 6 heteroatoms. The van der Waals surface area contributed by atoms with E-state index >= 15 is 0 Å². The molecule has 1 aliphatic rings. The third-order valence-corrected chi connectivity index (χ3v) is 3.26. The molecular weight excluding hydrogens is 246 g/mol. The Hall–Kier alpha value is -1.63. The van der Waals surface area contributed by atoms with E-state index in [4.69, 9.17) is 15.7 Å². The van der Waals surface area contributed by atoms with Gasteiger partial charge in [-0.1, -0.05) is 0 Å². The molecule has 1 aliphatic heterocycles. The Morgan fingerprint density at radius 1 is 1.63 bits per heavy atom. The van der Waals surface area contributed by atoms with Gasteiger partial charge in [0.15, 0.2) is 0 Å². The SMILES string of the molecule is Cc1cc(C(=O)N2CCOC(CO)C2)ccc1NN. The van der Waals surface area contributed by atoms with Gasteiger partial charge in [-0.25, -0.2) is 0 Å². The molecule has 0 saturated carbocycles. The standard InChI is InChI=1S/C13H19N3O3/c1-9-6-10(2-3-12(9)15-14)13(18)16-4-5-19-11(7-16)8-17/h2-3,6,11,15,17H,4-5,7-8,14H2,1H3. The quantitative estimate of drug-likeness (QED) is 0.533. The van der Waals surface area contributed by atoms with Gasteiger partial charge in [0.2, 0.25) is 0 Å². The zero-order chi connectivity index (χ0) is 13.8. The van der Waals surface area contributed by atoms with Crippen molar-refractivity contribution in [1.82, 2.24) is 4.90 Å². The molecule has 1 aromatic rings. The molecule has 0 radical (unpaired) electrons. The number of nitrogens with zero attached hydrogens (tertiary/aromatic N) is 1. The number of aliphatic hydroxyl groups is 1. The summed E-state index contributed by atoms with van der Waals surface area (Å²) in [6.45, 7) is 3.25. The summed E-state index contributed by atoms with van der Waals surface area (Å²) in [6.07, 6.45) is -0.288. The largest absolute Gasteiger partial charge is 0.394 e. The van der Waals surface area contributed by atoms with Crippen LogP contribution in [-0.4, -0.2) is 48.3 Å². The first-order valence-electron chi connectivity index (χ1n) is 6.24. The molecular formula is C13H19N3O3. The Kier molecular flexibility index (Phi) is 4.36. The van der Waals surface area contributed by atoms with Crippen LogP contribution in [0.1, 0.15) is 15.9 Å². The normalized spacial score (nSPS) is 19.3. The van der Waals surface area contributed by atoms with Crippen LogP contribution in [0.25, 0.3) is 0 Å². The first-order valence-corrected chi connectivity index (χ1v) is 6.24. The van der Waals surface area contributed by atoms with Gasteiger partial charge in [-0.05, 0) is 30.7 Å². The number of nitrogens with one attached hydrogen (secondary N) is 1. The molecule has 1 fully saturated rings. The van der Waals surface area contributed by atoms with E-state index < -0.39 is 0 Å². The molecule has 1 amide bonds. The molecule has 104 valence electrons. The smallest absolute Gasteiger partial charge is 0.254 e. The number of carbonyl (C=O) groups excluding carboxylic acids is 1. The van der Waals surface area contributed by atoms with Crippen molar-refractivity contribution in [1.29, 1.82) is 0 Å². The first-order chi connectivity index (χ1) is 9.15.